The predicted octanol–water partition coefficient (Wildman–Crippen LogP) is 1.01. The number of amides is 2. The maximum absolute atomic E-state index is 13.2. The number of imide groups is 1. The molecule has 3 heterocycles. The van der Waals surface area contributed by atoms with Gasteiger partial charge in [0.25, 0.3) is 11.8 Å². The summed E-state index contributed by atoms with van der Waals surface area (Å²) in [6, 6.07) is 9.51. The molecule has 0 aliphatic carbocycles. The first-order valence-corrected chi connectivity index (χ1v) is 11.4. The monoisotopic (exact) mass is 433 g/mol. The third-order valence-electron chi connectivity index (χ3n) is 4.83. The van der Waals surface area contributed by atoms with Gasteiger partial charge in [0.05, 0.1) is 30.2 Å². The van der Waals surface area contributed by atoms with Crippen molar-refractivity contribution >= 4 is 38.7 Å². The number of carbonyl (C=O) groups is 2. The van der Waals surface area contributed by atoms with Crippen molar-refractivity contribution in [3.8, 4) is 0 Å². The second-order valence-corrected chi connectivity index (χ2v) is 9.19. The van der Waals surface area contributed by atoms with Crippen LogP contribution >= 0.6 is 11.3 Å². The Morgan fingerprint density at radius 2 is 1.72 bits per heavy atom. The largest absolute Gasteiger partial charge is 0.378 e. The number of morpholine rings is 1. The van der Waals surface area contributed by atoms with Gasteiger partial charge in [0, 0.05) is 18.0 Å². The van der Waals surface area contributed by atoms with Crippen LogP contribution in [-0.2, 0) is 30.9 Å². The Labute approximate surface area is 172 Å². The molecule has 4 rings (SSSR count). The Morgan fingerprint density at radius 1 is 1.03 bits per heavy atom. The average molecular weight is 434 g/mol. The SMILES string of the molecule is NS(=O)(=O)c1ccc(CN2C(=O)C(c3cccs3)=C(N3CCOCC3)C2=O)cc1. The molecular formula is C19H19N3O5S2. The van der Waals surface area contributed by atoms with E-state index in [0.717, 1.165) is 4.88 Å². The first kappa shape index (κ1) is 19.8. The molecule has 29 heavy (non-hydrogen) atoms. The van der Waals surface area contributed by atoms with Crippen molar-refractivity contribution in [1.29, 1.82) is 0 Å². The standard InChI is InChI=1S/C19H19N3O5S2/c20-29(25,26)14-5-3-13(4-6-14)12-22-18(23)16(15-2-1-11-28-15)17(19(22)24)21-7-9-27-10-8-21/h1-6,11H,7-10,12H2,(H2,20,25,26). The second kappa shape index (κ2) is 7.71. The third-order valence-corrected chi connectivity index (χ3v) is 6.65. The number of benzene rings is 1. The van der Waals surface area contributed by atoms with Gasteiger partial charge in [0.1, 0.15) is 5.70 Å². The number of hydrogen-bond acceptors (Lipinski definition) is 7. The number of thiophene rings is 1. The predicted molar refractivity (Wildman–Crippen MR) is 107 cm³/mol. The molecule has 1 fully saturated rings. The third kappa shape index (κ3) is 3.84. The fourth-order valence-electron chi connectivity index (χ4n) is 3.40. The smallest absolute Gasteiger partial charge is 0.278 e. The van der Waals surface area contributed by atoms with Crippen LogP contribution in [0.1, 0.15) is 10.4 Å². The molecule has 1 saturated heterocycles. The molecule has 2 N–H and O–H groups in total. The summed E-state index contributed by atoms with van der Waals surface area (Å²) < 4.78 is 28.2. The van der Waals surface area contributed by atoms with Crippen LogP contribution < -0.4 is 5.14 Å². The molecule has 10 heteroatoms. The summed E-state index contributed by atoms with van der Waals surface area (Å²) in [5, 5.41) is 6.99. The Kier molecular flexibility index (Phi) is 5.26. The Balaban J connectivity index is 1.65. The molecule has 2 aliphatic heterocycles. The molecule has 2 amide bonds. The van der Waals surface area contributed by atoms with E-state index in [1.807, 2.05) is 22.4 Å². The zero-order valence-electron chi connectivity index (χ0n) is 15.4. The molecule has 1 aromatic heterocycles. The molecule has 0 atom stereocenters. The molecule has 0 unspecified atom stereocenters. The van der Waals surface area contributed by atoms with Gasteiger partial charge in [-0.05, 0) is 29.1 Å². The van der Waals surface area contributed by atoms with Crippen LogP contribution in [0.2, 0.25) is 0 Å². The molecule has 0 radical (unpaired) electrons. The van der Waals surface area contributed by atoms with Crippen molar-refractivity contribution in [2.45, 2.75) is 11.4 Å². The van der Waals surface area contributed by atoms with Crippen LogP contribution in [0.4, 0.5) is 0 Å². The fraction of sp³-hybridized carbons (Fsp3) is 0.263. The number of sulfonamides is 1. The van der Waals surface area contributed by atoms with Gasteiger partial charge in [-0.2, -0.15) is 0 Å². The van der Waals surface area contributed by atoms with Crippen LogP contribution in [0.15, 0.2) is 52.4 Å². The maximum Gasteiger partial charge on any atom is 0.278 e. The van der Waals surface area contributed by atoms with E-state index in [4.69, 9.17) is 9.88 Å². The van der Waals surface area contributed by atoms with Gasteiger partial charge in [-0.25, -0.2) is 13.6 Å². The number of hydrogen-bond donors (Lipinski definition) is 1. The molecule has 0 bridgehead atoms. The maximum atomic E-state index is 13.2. The lowest BCUT2D eigenvalue weighted by Crippen LogP contribution is -2.40. The minimum Gasteiger partial charge on any atom is -0.378 e. The van der Waals surface area contributed by atoms with E-state index in [2.05, 4.69) is 0 Å². The summed E-state index contributed by atoms with van der Waals surface area (Å²) in [7, 11) is -3.80. The van der Waals surface area contributed by atoms with Crippen molar-refractivity contribution in [2.75, 3.05) is 26.3 Å². The topological polar surface area (TPSA) is 110 Å². The second-order valence-electron chi connectivity index (χ2n) is 6.69. The van der Waals surface area contributed by atoms with E-state index in [1.165, 1.54) is 28.4 Å². The van der Waals surface area contributed by atoms with Crippen LogP contribution in [0.5, 0.6) is 0 Å². The zero-order valence-corrected chi connectivity index (χ0v) is 17.0. The Hall–Kier alpha value is -2.53. The van der Waals surface area contributed by atoms with Gasteiger partial charge in [-0.3, -0.25) is 14.5 Å². The molecule has 2 aliphatic rings. The van der Waals surface area contributed by atoms with Gasteiger partial charge in [-0.1, -0.05) is 18.2 Å². The Bertz CT molecular complexity index is 1070. The number of nitrogens with two attached hydrogens (primary N) is 1. The lowest BCUT2D eigenvalue weighted by molar-refractivity contribution is -0.138. The van der Waals surface area contributed by atoms with Crippen LogP contribution in [0, 0.1) is 0 Å². The normalized spacial score (nSPS) is 18.1. The van der Waals surface area contributed by atoms with Gasteiger partial charge in [-0.15, -0.1) is 11.3 Å². The Morgan fingerprint density at radius 3 is 2.31 bits per heavy atom. The van der Waals surface area contributed by atoms with Crippen LogP contribution in [0.25, 0.3) is 5.57 Å². The minimum atomic E-state index is -3.80. The number of ether oxygens (including phenoxy) is 1. The number of nitrogens with zero attached hydrogens (tertiary/aromatic N) is 2. The summed E-state index contributed by atoms with van der Waals surface area (Å²) in [5.41, 5.74) is 1.45. The number of primary sulfonamides is 1. The van der Waals surface area contributed by atoms with Gasteiger partial charge < -0.3 is 9.64 Å². The van der Waals surface area contributed by atoms with Gasteiger partial charge in [0.2, 0.25) is 10.0 Å². The summed E-state index contributed by atoms with van der Waals surface area (Å²) >= 11 is 1.41. The van der Waals surface area contributed by atoms with E-state index in [9.17, 15) is 18.0 Å². The van der Waals surface area contributed by atoms with E-state index in [-0.39, 0.29) is 23.3 Å². The summed E-state index contributed by atoms with van der Waals surface area (Å²) in [6.45, 7) is 2.13. The molecule has 0 saturated carbocycles. The highest BCUT2D eigenvalue weighted by Gasteiger charge is 2.42. The summed E-state index contributed by atoms with van der Waals surface area (Å²) in [5.74, 6) is -0.703. The van der Waals surface area contributed by atoms with Gasteiger partial charge in [0.15, 0.2) is 0 Å². The highest BCUT2D eigenvalue weighted by Crippen LogP contribution is 2.35. The molecule has 2 aromatic rings. The van der Waals surface area contributed by atoms with Crippen molar-refractivity contribution in [1.82, 2.24) is 9.80 Å². The van der Waals surface area contributed by atoms with Crippen molar-refractivity contribution < 1.29 is 22.7 Å². The van der Waals surface area contributed by atoms with E-state index in [1.54, 1.807) is 12.1 Å². The lowest BCUT2D eigenvalue weighted by atomic mass is 10.1. The first-order chi connectivity index (χ1) is 13.9. The van der Waals surface area contributed by atoms with E-state index in [0.29, 0.717) is 43.1 Å². The van der Waals surface area contributed by atoms with Gasteiger partial charge >= 0.3 is 0 Å². The first-order valence-electron chi connectivity index (χ1n) is 8.95. The quantitative estimate of drug-likeness (QED) is 0.705. The fourth-order valence-corrected chi connectivity index (χ4v) is 4.68. The van der Waals surface area contributed by atoms with Crippen molar-refractivity contribution in [3.63, 3.8) is 0 Å². The van der Waals surface area contributed by atoms with E-state index >= 15 is 0 Å². The van der Waals surface area contributed by atoms with E-state index < -0.39 is 10.0 Å². The molecule has 152 valence electrons. The molecule has 0 spiro atoms. The van der Waals surface area contributed by atoms with Crippen molar-refractivity contribution in [3.05, 3.63) is 57.9 Å². The lowest BCUT2D eigenvalue weighted by Gasteiger charge is -2.29. The van der Waals surface area contributed by atoms with Crippen LogP contribution in [-0.4, -0.2) is 56.3 Å². The minimum absolute atomic E-state index is 0.0215. The highest BCUT2D eigenvalue weighted by molar-refractivity contribution is 7.89. The zero-order chi connectivity index (χ0) is 20.6. The number of carbonyl (C=O) groups excluding carboxylic acids is 2. The summed E-state index contributed by atoms with van der Waals surface area (Å²) in [4.78, 5) is 30.2. The molecular weight excluding hydrogens is 414 g/mol. The van der Waals surface area contributed by atoms with Crippen LogP contribution in [0.3, 0.4) is 0 Å². The molecule has 1 aromatic carbocycles. The summed E-state index contributed by atoms with van der Waals surface area (Å²) in [6.07, 6.45) is 0. The van der Waals surface area contributed by atoms with Crippen molar-refractivity contribution in [2.24, 2.45) is 5.14 Å². The number of rotatable bonds is 5. The molecule has 8 nitrogen and oxygen atoms in total. The highest BCUT2D eigenvalue weighted by atomic mass is 32.2. The average Bonchev–Trinajstić information content (AvgIpc) is 3.31.